The van der Waals surface area contributed by atoms with Gasteiger partial charge >= 0.3 is 0 Å². The molecule has 2 aromatic rings. The third kappa shape index (κ3) is 4.27. The fourth-order valence-electron chi connectivity index (χ4n) is 5.32. The van der Waals surface area contributed by atoms with Gasteiger partial charge in [0.25, 0.3) is 5.91 Å². The standard InChI is InChI=1S/C27H32N4O3/c1-2-19-8-11-21(12-9-19)28-25(32)18-31-24-17-20(26(33)29-14-5-6-15-29)10-13-22(24)30-16-4-3-7-23(30)27(31)34/h8-13,17,23H,2-7,14-16,18H2,1H3,(H,28,32)/t23-/m0/s1. The maximum absolute atomic E-state index is 13.5. The van der Waals surface area contributed by atoms with Crippen molar-refractivity contribution in [2.45, 2.75) is 51.5 Å². The summed E-state index contributed by atoms with van der Waals surface area (Å²) in [6, 6.07) is 13.1. The molecule has 1 atom stereocenters. The highest BCUT2D eigenvalue weighted by atomic mass is 16.2. The molecule has 2 fully saturated rings. The second-order valence-corrected chi connectivity index (χ2v) is 9.43. The van der Waals surface area contributed by atoms with Crippen LogP contribution in [0.3, 0.4) is 0 Å². The lowest BCUT2D eigenvalue weighted by molar-refractivity contribution is -0.123. The van der Waals surface area contributed by atoms with Crippen molar-refractivity contribution in [2.24, 2.45) is 0 Å². The Hall–Kier alpha value is -3.35. The van der Waals surface area contributed by atoms with Crippen molar-refractivity contribution in [3.05, 3.63) is 53.6 Å². The Bertz CT molecular complexity index is 1090. The monoisotopic (exact) mass is 460 g/mol. The fourth-order valence-corrected chi connectivity index (χ4v) is 5.32. The molecule has 7 nitrogen and oxygen atoms in total. The van der Waals surface area contributed by atoms with Gasteiger partial charge in [0.05, 0.1) is 11.4 Å². The van der Waals surface area contributed by atoms with Crippen molar-refractivity contribution in [1.29, 1.82) is 0 Å². The molecule has 7 heteroatoms. The summed E-state index contributed by atoms with van der Waals surface area (Å²) in [6.07, 6.45) is 5.79. The van der Waals surface area contributed by atoms with Crippen molar-refractivity contribution < 1.29 is 14.4 Å². The van der Waals surface area contributed by atoms with Crippen LogP contribution in [0.5, 0.6) is 0 Å². The van der Waals surface area contributed by atoms with Crippen LogP contribution in [0.15, 0.2) is 42.5 Å². The first kappa shape index (κ1) is 22.4. The number of anilines is 3. The van der Waals surface area contributed by atoms with E-state index in [-0.39, 0.29) is 30.3 Å². The van der Waals surface area contributed by atoms with E-state index in [1.165, 1.54) is 5.56 Å². The lowest BCUT2D eigenvalue weighted by Gasteiger charge is -2.45. The quantitative estimate of drug-likeness (QED) is 0.736. The first-order valence-corrected chi connectivity index (χ1v) is 12.5. The molecule has 178 valence electrons. The number of carbonyl (C=O) groups excluding carboxylic acids is 3. The van der Waals surface area contributed by atoms with Gasteiger partial charge in [-0.1, -0.05) is 19.1 Å². The molecule has 34 heavy (non-hydrogen) atoms. The smallest absolute Gasteiger partial charge is 0.253 e. The maximum atomic E-state index is 13.5. The van der Waals surface area contributed by atoms with E-state index in [1.807, 2.05) is 47.4 Å². The Kier molecular flexibility index (Phi) is 6.26. The number of rotatable bonds is 5. The molecular formula is C27H32N4O3. The lowest BCUT2D eigenvalue weighted by atomic mass is 9.95. The predicted molar refractivity (Wildman–Crippen MR) is 133 cm³/mol. The lowest BCUT2D eigenvalue weighted by Crippen LogP contribution is -2.56. The molecular weight excluding hydrogens is 428 g/mol. The van der Waals surface area contributed by atoms with Gasteiger partial charge in [0, 0.05) is 30.9 Å². The first-order valence-electron chi connectivity index (χ1n) is 12.5. The van der Waals surface area contributed by atoms with Gasteiger partial charge in [-0.05, 0) is 74.4 Å². The molecule has 1 N–H and O–H groups in total. The summed E-state index contributed by atoms with van der Waals surface area (Å²) >= 11 is 0. The summed E-state index contributed by atoms with van der Waals surface area (Å²) in [5, 5.41) is 2.92. The summed E-state index contributed by atoms with van der Waals surface area (Å²) in [6.45, 7) is 4.36. The van der Waals surface area contributed by atoms with Gasteiger partial charge in [-0.15, -0.1) is 0 Å². The van der Waals surface area contributed by atoms with E-state index in [2.05, 4.69) is 17.1 Å². The number of fused-ring (bicyclic) bond motifs is 3. The molecule has 2 aromatic carbocycles. The van der Waals surface area contributed by atoms with Gasteiger partial charge in [0.15, 0.2) is 0 Å². The average Bonchev–Trinajstić information content (AvgIpc) is 3.41. The summed E-state index contributed by atoms with van der Waals surface area (Å²) in [5.74, 6) is -0.313. The second-order valence-electron chi connectivity index (χ2n) is 9.43. The number of nitrogens with one attached hydrogen (secondary N) is 1. The van der Waals surface area contributed by atoms with Crippen molar-refractivity contribution in [2.75, 3.05) is 41.3 Å². The molecule has 3 aliphatic heterocycles. The average molecular weight is 461 g/mol. The van der Waals surface area contributed by atoms with E-state index in [0.717, 1.165) is 63.8 Å². The van der Waals surface area contributed by atoms with Crippen LogP contribution in [0, 0.1) is 0 Å². The normalized spacial score (nSPS) is 19.6. The minimum atomic E-state index is -0.252. The van der Waals surface area contributed by atoms with Crippen LogP contribution in [0.1, 0.15) is 54.9 Å². The summed E-state index contributed by atoms with van der Waals surface area (Å²) in [5.41, 5.74) is 4.08. The Morgan fingerprint density at radius 3 is 2.41 bits per heavy atom. The fraction of sp³-hybridized carbons (Fsp3) is 0.444. The van der Waals surface area contributed by atoms with Crippen LogP contribution in [0.4, 0.5) is 17.1 Å². The number of likely N-dealkylation sites (tertiary alicyclic amines) is 1. The molecule has 0 spiro atoms. The molecule has 0 unspecified atom stereocenters. The first-order chi connectivity index (χ1) is 16.5. The highest BCUT2D eigenvalue weighted by molar-refractivity contribution is 6.11. The minimum absolute atomic E-state index is 0.00562. The van der Waals surface area contributed by atoms with Gasteiger partial charge in [0.2, 0.25) is 11.8 Å². The molecule has 3 amide bonds. The summed E-state index contributed by atoms with van der Waals surface area (Å²) in [4.78, 5) is 45.2. The Morgan fingerprint density at radius 2 is 1.68 bits per heavy atom. The minimum Gasteiger partial charge on any atom is -0.358 e. The highest BCUT2D eigenvalue weighted by Gasteiger charge is 2.40. The van der Waals surface area contributed by atoms with E-state index < -0.39 is 0 Å². The third-order valence-electron chi connectivity index (χ3n) is 7.22. The van der Waals surface area contributed by atoms with Crippen LogP contribution in [-0.2, 0) is 16.0 Å². The van der Waals surface area contributed by atoms with Crippen molar-refractivity contribution in [3.8, 4) is 0 Å². The number of hydrogen-bond donors (Lipinski definition) is 1. The molecule has 5 rings (SSSR count). The van der Waals surface area contributed by atoms with E-state index >= 15 is 0 Å². The van der Waals surface area contributed by atoms with E-state index in [4.69, 9.17) is 0 Å². The van der Waals surface area contributed by atoms with E-state index in [9.17, 15) is 14.4 Å². The van der Waals surface area contributed by atoms with Crippen molar-refractivity contribution in [3.63, 3.8) is 0 Å². The molecule has 0 bridgehead atoms. The molecule has 2 saturated heterocycles. The zero-order valence-corrected chi connectivity index (χ0v) is 19.8. The van der Waals surface area contributed by atoms with E-state index in [1.54, 1.807) is 4.90 Å². The predicted octanol–water partition coefficient (Wildman–Crippen LogP) is 3.83. The van der Waals surface area contributed by atoms with Crippen molar-refractivity contribution >= 4 is 34.8 Å². The van der Waals surface area contributed by atoms with Gasteiger partial charge < -0.3 is 15.1 Å². The molecule has 0 aliphatic carbocycles. The Balaban J connectivity index is 1.43. The summed E-state index contributed by atoms with van der Waals surface area (Å²) < 4.78 is 0. The van der Waals surface area contributed by atoms with Gasteiger partial charge in [-0.3, -0.25) is 19.3 Å². The van der Waals surface area contributed by atoms with Crippen LogP contribution >= 0.6 is 0 Å². The number of nitrogens with zero attached hydrogens (tertiary/aromatic N) is 3. The largest absolute Gasteiger partial charge is 0.358 e. The zero-order valence-electron chi connectivity index (χ0n) is 19.8. The number of hydrogen-bond acceptors (Lipinski definition) is 4. The van der Waals surface area contributed by atoms with Crippen LogP contribution < -0.4 is 15.1 Å². The number of piperidine rings is 1. The van der Waals surface area contributed by atoms with E-state index in [0.29, 0.717) is 16.9 Å². The summed E-state index contributed by atoms with van der Waals surface area (Å²) in [7, 11) is 0. The van der Waals surface area contributed by atoms with Crippen LogP contribution in [0.25, 0.3) is 0 Å². The number of carbonyl (C=O) groups is 3. The number of amides is 3. The Morgan fingerprint density at radius 1 is 0.941 bits per heavy atom. The molecule has 0 aromatic heterocycles. The Labute approximate surface area is 200 Å². The zero-order chi connectivity index (χ0) is 23.7. The second kappa shape index (κ2) is 9.49. The molecule has 0 radical (unpaired) electrons. The van der Waals surface area contributed by atoms with Crippen LogP contribution in [0.2, 0.25) is 0 Å². The van der Waals surface area contributed by atoms with Gasteiger partial charge in [0.1, 0.15) is 12.6 Å². The maximum Gasteiger partial charge on any atom is 0.253 e. The molecule has 3 aliphatic rings. The molecule has 3 heterocycles. The topological polar surface area (TPSA) is 73.0 Å². The highest BCUT2D eigenvalue weighted by Crippen LogP contribution is 2.40. The third-order valence-corrected chi connectivity index (χ3v) is 7.22. The molecule has 0 saturated carbocycles. The van der Waals surface area contributed by atoms with Crippen LogP contribution in [-0.4, -0.2) is 54.8 Å². The van der Waals surface area contributed by atoms with Gasteiger partial charge in [-0.2, -0.15) is 0 Å². The SMILES string of the molecule is CCc1ccc(NC(=O)CN2C(=O)[C@@H]3CCCCN3c3ccc(C(=O)N4CCCC4)cc32)cc1. The van der Waals surface area contributed by atoms with Crippen molar-refractivity contribution in [1.82, 2.24) is 4.90 Å². The van der Waals surface area contributed by atoms with Gasteiger partial charge in [-0.25, -0.2) is 0 Å². The number of benzene rings is 2. The number of aryl methyl sites for hydroxylation is 1.